The van der Waals surface area contributed by atoms with Gasteiger partial charge in [-0.2, -0.15) is 17.5 Å². The quantitative estimate of drug-likeness (QED) is 0.686. The summed E-state index contributed by atoms with van der Waals surface area (Å²) in [4.78, 5) is 0. The van der Waals surface area contributed by atoms with E-state index < -0.39 is 28.8 Å². The topological polar surface area (TPSA) is 49.4 Å². The van der Waals surface area contributed by atoms with Crippen LogP contribution in [0.4, 0.5) is 13.2 Å². The molecule has 0 aromatic rings. The Hall–Kier alpha value is -0.340. The van der Waals surface area contributed by atoms with Crippen molar-refractivity contribution in [1.29, 1.82) is 0 Å². The molecule has 108 valence electrons. The van der Waals surface area contributed by atoms with E-state index >= 15 is 0 Å². The summed E-state index contributed by atoms with van der Waals surface area (Å²) in [6.45, 7) is 1.74. The van der Waals surface area contributed by atoms with Crippen LogP contribution in [0.2, 0.25) is 0 Å². The zero-order valence-electron chi connectivity index (χ0n) is 10.3. The van der Waals surface area contributed by atoms with E-state index in [9.17, 15) is 21.6 Å². The molecule has 0 aromatic heterocycles. The number of halogens is 3. The highest BCUT2D eigenvalue weighted by atomic mass is 32.2. The lowest BCUT2D eigenvalue weighted by molar-refractivity contribution is -0.136. The SMILES string of the molecule is CCNCCCS(=O)(=O)N(CC(F)(F)F)C1CC1. The summed E-state index contributed by atoms with van der Waals surface area (Å²) < 4.78 is 61.4. The van der Waals surface area contributed by atoms with Crippen LogP contribution in [0.3, 0.4) is 0 Å². The highest BCUT2D eigenvalue weighted by molar-refractivity contribution is 7.89. The van der Waals surface area contributed by atoms with E-state index in [1.165, 1.54) is 0 Å². The van der Waals surface area contributed by atoms with Gasteiger partial charge in [0.25, 0.3) is 0 Å². The molecule has 18 heavy (non-hydrogen) atoms. The molecule has 0 atom stereocenters. The predicted octanol–water partition coefficient (Wildman–Crippen LogP) is 1.34. The van der Waals surface area contributed by atoms with Crippen LogP contribution >= 0.6 is 0 Å². The van der Waals surface area contributed by atoms with Crippen LogP contribution in [0.25, 0.3) is 0 Å². The van der Waals surface area contributed by atoms with Crippen LogP contribution in [0, 0.1) is 0 Å². The second kappa shape index (κ2) is 6.21. The van der Waals surface area contributed by atoms with Crippen molar-refractivity contribution < 1.29 is 21.6 Å². The van der Waals surface area contributed by atoms with Gasteiger partial charge in [0.15, 0.2) is 0 Å². The highest BCUT2D eigenvalue weighted by Gasteiger charge is 2.43. The predicted molar refractivity (Wildman–Crippen MR) is 62.7 cm³/mol. The van der Waals surface area contributed by atoms with Gasteiger partial charge in [-0.15, -0.1) is 0 Å². The van der Waals surface area contributed by atoms with Crippen molar-refractivity contribution in [1.82, 2.24) is 9.62 Å². The average Bonchev–Trinajstić information content (AvgIpc) is 3.03. The summed E-state index contributed by atoms with van der Waals surface area (Å²) in [6, 6.07) is -0.448. The van der Waals surface area contributed by atoms with E-state index in [-0.39, 0.29) is 5.75 Å². The summed E-state index contributed by atoms with van der Waals surface area (Å²) in [5.41, 5.74) is 0. The van der Waals surface area contributed by atoms with Crippen LogP contribution in [-0.4, -0.2) is 50.3 Å². The van der Waals surface area contributed by atoms with Gasteiger partial charge in [-0.1, -0.05) is 6.92 Å². The largest absolute Gasteiger partial charge is 0.402 e. The first kappa shape index (κ1) is 15.7. The van der Waals surface area contributed by atoms with Gasteiger partial charge in [0.1, 0.15) is 6.54 Å². The van der Waals surface area contributed by atoms with Crippen LogP contribution in [0.15, 0.2) is 0 Å². The summed E-state index contributed by atoms with van der Waals surface area (Å²) >= 11 is 0. The molecular weight excluding hydrogens is 269 g/mol. The molecule has 0 unspecified atom stereocenters. The van der Waals surface area contributed by atoms with E-state index in [2.05, 4.69) is 5.32 Å². The number of sulfonamides is 1. The molecule has 0 heterocycles. The van der Waals surface area contributed by atoms with Crippen LogP contribution in [0.1, 0.15) is 26.2 Å². The Morgan fingerprint density at radius 2 is 1.94 bits per heavy atom. The second-order valence-corrected chi connectivity index (χ2v) is 6.46. The van der Waals surface area contributed by atoms with Gasteiger partial charge >= 0.3 is 6.18 Å². The van der Waals surface area contributed by atoms with Crippen molar-refractivity contribution in [2.75, 3.05) is 25.4 Å². The number of hydrogen-bond acceptors (Lipinski definition) is 3. The number of hydrogen-bond donors (Lipinski definition) is 1. The summed E-state index contributed by atoms with van der Waals surface area (Å²) in [5.74, 6) is -0.230. The van der Waals surface area contributed by atoms with Crippen molar-refractivity contribution in [3.8, 4) is 0 Å². The van der Waals surface area contributed by atoms with Gasteiger partial charge in [-0.25, -0.2) is 8.42 Å². The average molecular weight is 288 g/mol. The maximum Gasteiger partial charge on any atom is 0.402 e. The van der Waals surface area contributed by atoms with Crippen molar-refractivity contribution in [2.45, 2.75) is 38.4 Å². The van der Waals surface area contributed by atoms with Crippen molar-refractivity contribution in [3.63, 3.8) is 0 Å². The standard InChI is InChI=1S/C10H19F3N2O2S/c1-2-14-6-3-7-18(16,17)15(9-4-5-9)8-10(11,12)13/h9,14H,2-8H2,1H3. The van der Waals surface area contributed by atoms with Gasteiger partial charge in [0, 0.05) is 6.04 Å². The molecule has 0 radical (unpaired) electrons. The number of nitrogens with one attached hydrogen (secondary N) is 1. The molecule has 1 saturated carbocycles. The van der Waals surface area contributed by atoms with Crippen molar-refractivity contribution in [3.05, 3.63) is 0 Å². The molecule has 1 rings (SSSR count). The van der Waals surface area contributed by atoms with Gasteiger partial charge < -0.3 is 5.32 Å². The summed E-state index contributed by atoms with van der Waals surface area (Å²) in [6.07, 6.45) is -3.08. The molecule has 0 spiro atoms. The molecule has 0 amide bonds. The minimum Gasteiger partial charge on any atom is -0.317 e. The van der Waals surface area contributed by atoms with Gasteiger partial charge in [0.2, 0.25) is 10.0 Å². The molecule has 0 aromatic carbocycles. The Bertz CT molecular complexity index is 353. The van der Waals surface area contributed by atoms with Crippen LogP contribution in [-0.2, 0) is 10.0 Å². The van der Waals surface area contributed by atoms with Gasteiger partial charge in [-0.05, 0) is 32.4 Å². The van der Waals surface area contributed by atoms with Crippen molar-refractivity contribution >= 4 is 10.0 Å². The Labute approximate surface area is 106 Å². The lowest BCUT2D eigenvalue weighted by atomic mass is 10.5. The lowest BCUT2D eigenvalue weighted by Crippen LogP contribution is -2.42. The zero-order chi connectivity index (χ0) is 13.8. The third-order valence-corrected chi connectivity index (χ3v) is 4.60. The molecule has 0 bridgehead atoms. The first-order chi connectivity index (χ1) is 8.26. The fourth-order valence-corrected chi connectivity index (χ4v) is 3.42. The molecule has 0 saturated heterocycles. The first-order valence-corrected chi connectivity index (χ1v) is 7.64. The van der Waals surface area contributed by atoms with Crippen LogP contribution < -0.4 is 5.32 Å². The molecule has 1 aliphatic rings. The van der Waals surface area contributed by atoms with E-state index in [1.54, 1.807) is 0 Å². The first-order valence-electron chi connectivity index (χ1n) is 6.03. The monoisotopic (exact) mass is 288 g/mol. The fourth-order valence-electron chi connectivity index (χ4n) is 1.67. The molecule has 1 N–H and O–H groups in total. The van der Waals surface area contributed by atoms with Gasteiger partial charge in [0.05, 0.1) is 5.75 Å². The number of rotatable bonds is 8. The molecule has 1 aliphatic carbocycles. The second-order valence-electron chi connectivity index (χ2n) is 4.41. The Morgan fingerprint density at radius 3 is 2.39 bits per heavy atom. The third-order valence-electron chi connectivity index (χ3n) is 2.65. The van der Waals surface area contributed by atoms with E-state index in [0.717, 1.165) is 6.54 Å². The third kappa shape index (κ3) is 5.53. The van der Waals surface area contributed by atoms with Crippen LogP contribution in [0.5, 0.6) is 0 Å². The molecular formula is C10H19F3N2O2S. The summed E-state index contributed by atoms with van der Waals surface area (Å²) in [7, 11) is -3.80. The minimum absolute atomic E-state index is 0.230. The highest BCUT2D eigenvalue weighted by Crippen LogP contribution is 2.32. The van der Waals surface area contributed by atoms with E-state index in [1.807, 2.05) is 6.92 Å². The zero-order valence-corrected chi connectivity index (χ0v) is 11.1. The van der Waals surface area contributed by atoms with E-state index in [0.29, 0.717) is 30.1 Å². The smallest absolute Gasteiger partial charge is 0.317 e. The fraction of sp³-hybridized carbons (Fsp3) is 1.00. The lowest BCUT2D eigenvalue weighted by Gasteiger charge is -2.23. The maximum absolute atomic E-state index is 12.3. The molecule has 1 fully saturated rings. The van der Waals surface area contributed by atoms with E-state index in [4.69, 9.17) is 0 Å². The maximum atomic E-state index is 12.3. The Balaban J connectivity index is 2.55. The Kier molecular flexibility index (Phi) is 5.42. The Morgan fingerprint density at radius 1 is 1.33 bits per heavy atom. The summed E-state index contributed by atoms with van der Waals surface area (Å²) in [5, 5.41) is 2.95. The molecule has 0 aliphatic heterocycles. The molecule has 8 heteroatoms. The normalized spacial score (nSPS) is 17.4. The minimum atomic E-state index is -4.47. The van der Waals surface area contributed by atoms with Gasteiger partial charge in [-0.3, -0.25) is 0 Å². The number of alkyl halides is 3. The molecule has 4 nitrogen and oxygen atoms in total. The van der Waals surface area contributed by atoms with Crippen molar-refractivity contribution in [2.24, 2.45) is 0 Å². The number of nitrogens with zero attached hydrogens (tertiary/aromatic N) is 1.